The minimum Gasteiger partial charge on any atom is -0.481 e. The van der Waals surface area contributed by atoms with Gasteiger partial charge in [0, 0.05) is 34.0 Å². The average molecular weight is 271 g/mol. The Morgan fingerprint density at radius 1 is 1.40 bits per heavy atom. The van der Waals surface area contributed by atoms with Crippen molar-refractivity contribution in [3.63, 3.8) is 0 Å². The van der Waals surface area contributed by atoms with Gasteiger partial charge in [0.05, 0.1) is 19.6 Å². The Morgan fingerprint density at radius 3 is 3.00 bits per heavy atom. The molecule has 1 fully saturated rings. The second kappa shape index (κ2) is 4.09. The molecule has 4 rings (SSSR count). The number of aromatic amines is 1. The number of aromatic nitrogens is 1. The Kier molecular flexibility index (Phi) is 2.45. The summed E-state index contributed by atoms with van der Waals surface area (Å²) in [4.78, 5) is 14.5. The molecule has 2 aliphatic rings. The summed E-state index contributed by atoms with van der Waals surface area (Å²) < 4.78 is 5.55. The number of carbonyl (C=O) groups is 1. The Bertz CT molecular complexity index is 697. The maximum atomic E-state index is 11.0. The molecule has 1 saturated carbocycles. The Morgan fingerprint density at radius 2 is 2.25 bits per heavy atom. The molecule has 0 amide bonds. The van der Waals surface area contributed by atoms with Crippen LogP contribution in [-0.2, 0) is 28.0 Å². The van der Waals surface area contributed by atoms with Crippen LogP contribution in [0.4, 0.5) is 0 Å². The fourth-order valence-electron chi connectivity index (χ4n) is 3.37. The maximum absolute atomic E-state index is 11.0. The SMILES string of the molecule is O=C(O)CC1(c2ccc3[nH]c4c(c3c2)COCC4)CC1. The van der Waals surface area contributed by atoms with Crippen LogP contribution < -0.4 is 0 Å². The van der Waals surface area contributed by atoms with Crippen molar-refractivity contribution in [1.29, 1.82) is 0 Å². The maximum Gasteiger partial charge on any atom is 0.304 e. The summed E-state index contributed by atoms with van der Waals surface area (Å²) in [5, 5.41) is 10.3. The first-order valence-corrected chi connectivity index (χ1v) is 7.11. The minimum absolute atomic E-state index is 0.125. The van der Waals surface area contributed by atoms with Crippen LogP contribution in [-0.4, -0.2) is 22.7 Å². The second-order valence-corrected chi connectivity index (χ2v) is 6.00. The summed E-state index contributed by atoms with van der Waals surface area (Å²) in [6, 6.07) is 6.35. The fraction of sp³-hybridized carbons (Fsp3) is 0.438. The summed E-state index contributed by atoms with van der Waals surface area (Å²) in [6.45, 7) is 1.43. The zero-order valence-electron chi connectivity index (χ0n) is 11.2. The topological polar surface area (TPSA) is 62.3 Å². The zero-order valence-corrected chi connectivity index (χ0v) is 11.2. The number of ether oxygens (including phenoxy) is 1. The van der Waals surface area contributed by atoms with Crippen molar-refractivity contribution in [2.75, 3.05) is 6.61 Å². The van der Waals surface area contributed by atoms with E-state index in [0.29, 0.717) is 6.61 Å². The molecular formula is C16H17NO3. The summed E-state index contributed by atoms with van der Waals surface area (Å²) in [7, 11) is 0. The first kappa shape index (κ1) is 12.0. The van der Waals surface area contributed by atoms with Crippen molar-refractivity contribution in [1.82, 2.24) is 4.98 Å². The summed E-state index contributed by atoms with van der Waals surface area (Å²) in [6.07, 6.45) is 3.13. The van der Waals surface area contributed by atoms with Crippen LogP contribution in [0.5, 0.6) is 0 Å². The van der Waals surface area contributed by atoms with Crippen molar-refractivity contribution >= 4 is 16.9 Å². The zero-order chi connectivity index (χ0) is 13.7. The van der Waals surface area contributed by atoms with Gasteiger partial charge in [0.1, 0.15) is 0 Å². The number of carboxylic acids is 1. The molecule has 2 N–H and O–H groups in total. The van der Waals surface area contributed by atoms with E-state index in [1.165, 1.54) is 22.2 Å². The summed E-state index contributed by atoms with van der Waals surface area (Å²) in [5.74, 6) is -0.706. The molecule has 2 aromatic rings. The van der Waals surface area contributed by atoms with Crippen molar-refractivity contribution < 1.29 is 14.6 Å². The number of nitrogens with one attached hydrogen (secondary N) is 1. The van der Waals surface area contributed by atoms with Crippen LogP contribution in [0.15, 0.2) is 18.2 Å². The number of benzene rings is 1. The lowest BCUT2D eigenvalue weighted by molar-refractivity contribution is -0.137. The molecule has 0 unspecified atom stereocenters. The minimum atomic E-state index is -0.706. The summed E-state index contributed by atoms with van der Waals surface area (Å²) in [5.41, 5.74) is 4.69. The highest BCUT2D eigenvalue weighted by molar-refractivity contribution is 5.86. The smallest absolute Gasteiger partial charge is 0.304 e. The lowest BCUT2D eigenvalue weighted by Crippen LogP contribution is -2.13. The highest BCUT2D eigenvalue weighted by Gasteiger charge is 2.46. The predicted octanol–water partition coefficient (Wildman–Crippen LogP) is 2.75. The molecule has 1 aliphatic heterocycles. The van der Waals surface area contributed by atoms with Gasteiger partial charge in [-0.15, -0.1) is 0 Å². The molecule has 0 spiro atoms. The molecular weight excluding hydrogens is 254 g/mol. The van der Waals surface area contributed by atoms with E-state index in [-0.39, 0.29) is 11.8 Å². The van der Waals surface area contributed by atoms with Gasteiger partial charge >= 0.3 is 5.97 Å². The van der Waals surface area contributed by atoms with Crippen molar-refractivity contribution in [2.24, 2.45) is 0 Å². The molecule has 2 heterocycles. The van der Waals surface area contributed by atoms with Crippen molar-refractivity contribution in [2.45, 2.75) is 37.7 Å². The van der Waals surface area contributed by atoms with Gasteiger partial charge in [-0.05, 0) is 30.5 Å². The van der Waals surface area contributed by atoms with Gasteiger partial charge in [-0.2, -0.15) is 0 Å². The third-order valence-corrected chi connectivity index (χ3v) is 4.69. The number of fused-ring (bicyclic) bond motifs is 3. The monoisotopic (exact) mass is 271 g/mol. The molecule has 104 valence electrons. The Labute approximate surface area is 116 Å². The van der Waals surface area contributed by atoms with E-state index in [9.17, 15) is 4.79 Å². The number of rotatable bonds is 3. The van der Waals surface area contributed by atoms with E-state index in [1.807, 2.05) is 0 Å². The third kappa shape index (κ3) is 1.75. The summed E-state index contributed by atoms with van der Waals surface area (Å²) >= 11 is 0. The Balaban J connectivity index is 1.80. The first-order chi connectivity index (χ1) is 9.68. The van der Waals surface area contributed by atoms with Crippen LogP contribution in [0.3, 0.4) is 0 Å². The van der Waals surface area contributed by atoms with Gasteiger partial charge in [0.25, 0.3) is 0 Å². The quantitative estimate of drug-likeness (QED) is 0.902. The Hall–Kier alpha value is -1.81. The lowest BCUT2D eigenvalue weighted by atomic mass is 9.91. The lowest BCUT2D eigenvalue weighted by Gasteiger charge is -2.14. The number of hydrogen-bond donors (Lipinski definition) is 2. The number of H-pyrrole nitrogens is 1. The molecule has 1 aromatic heterocycles. The standard InChI is InChI=1S/C16H17NO3/c18-15(19)8-16(4-5-16)10-1-2-13-11(7-10)12-9-20-6-3-14(12)17-13/h1-2,7,17H,3-6,8-9H2,(H,18,19). The van der Waals surface area contributed by atoms with Crippen LogP contribution in [0.1, 0.15) is 36.1 Å². The van der Waals surface area contributed by atoms with E-state index < -0.39 is 5.97 Å². The van der Waals surface area contributed by atoms with E-state index in [2.05, 4.69) is 23.2 Å². The van der Waals surface area contributed by atoms with E-state index in [1.54, 1.807) is 0 Å². The molecule has 0 atom stereocenters. The predicted molar refractivity (Wildman–Crippen MR) is 74.8 cm³/mol. The van der Waals surface area contributed by atoms with Gasteiger partial charge in [-0.1, -0.05) is 6.07 Å². The van der Waals surface area contributed by atoms with Gasteiger partial charge in [0.15, 0.2) is 0 Å². The largest absolute Gasteiger partial charge is 0.481 e. The van der Waals surface area contributed by atoms with Crippen LogP contribution in [0.25, 0.3) is 10.9 Å². The van der Waals surface area contributed by atoms with E-state index in [0.717, 1.165) is 31.4 Å². The third-order valence-electron chi connectivity index (χ3n) is 4.69. The average Bonchev–Trinajstić information content (AvgIpc) is 3.11. The second-order valence-electron chi connectivity index (χ2n) is 6.00. The number of hydrogen-bond acceptors (Lipinski definition) is 2. The van der Waals surface area contributed by atoms with Crippen LogP contribution >= 0.6 is 0 Å². The highest BCUT2D eigenvalue weighted by Crippen LogP contribution is 2.51. The fourth-order valence-corrected chi connectivity index (χ4v) is 3.37. The van der Waals surface area contributed by atoms with Crippen molar-refractivity contribution in [3.8, 4) is 0 Å². The molecule has 1 aliphatic carbocycles. The van der Waals surface area contributed by atoms with Gasteiger partial charge in [0.2, 0.25) is 0 Å². The molecule has 20 heavy (non-hydrogen) atoms. The van der Waals surface area contributed by atoms with Gasteiger partial charge in [-0.25, -0.2) is 0 Å². The normalized spacial score (nSPS) is 19.8. The number of carboxylic acid groups (broad SMARTS) is 1. The van der Waals surface area contributed by atoms with Gasteiger partial charge < -0.3 is 14.8 Å². The molecule has 0 saturated heterocycles. The van der Waals surface area contributed by atoms with Crippen LogP contribution in [0, 0.1) is 0 Å². The molecule has 0 bridgehead atoms. The first-order valence-electron chi connectivity index (χ1n) is 7.11. The highest BCUT2D eigenvalue weighted by atomic mass is 16.5. The van der Waals surface area contributed by atoms with E-state index in [4.69, 9.17) is 9.84 Å². The molecule has 0 radical (unpaired) electrons. The van der Waals surface area contributed by atoms with Gasteiger partial charge in [-0.3, -0.25) is 4.79 Å². The molecule has 1 aromatic carbocycles. The van der Waals surface area contributed by atoms with Crippen LogP contribution in [0.2, 0.25) is 0 Å². The van der Waals surface area contributed by atoms with Crippen molar-refractivity contribution in [3.05, 3.63) is 35.0 Å². The molecule has 4 nitrogen and oxygen atoms in total. The molecule has 4 heteroatoms. The number of aliphatic carboxylic acids is 1. The van der Waals surface area contributed by atoms with E-state index >= 15 is 0 Å².